The monoisotopic (exact) mass is 696 g/mol. The number of aryl methyl sites for hydroxylation is 1. The number of carbonyl (C=O) groups excluding carboxylic acids is 4. The first-order chi connectivity index (χ1) is 24.1. The number of aliphatic hydroxyl groups excluding tert-OH is 1. The van der Waals surface area contributed by atoms with Crippen LogP contribution in [-0.4, -0.2) is 113 Å². The molecule has 3 amide bonds. The summed E-state index contributed by atoms with van der Waals surface area (Å²) in [6.45, 7) is 0.941. The van der Waals surface area contributed by atoms with Gasteiger partial charge in [0.05, 0.1) is 58.9 Å². The van der Waals surface area contributed by atoms with Gasteiger partial charge in [0.25, 0.3) is 5.91 Å². The van der Waals surface area contributed by atoms with Gasteiger partial charge >= 0.3 is 18.0 Å². The highest BCUT2D eigenvalue weighted by molar-refractivity contribution is 6.11. The number of morpholine rings is 1. The van der Waals surface area contributed by atoms with Gasteiger partial charge in [-0.1, -0.05) is 48.4 Å². The molecule has 3 heterocycles. The van der Waals surface area contributed by atoms with E-state index in [1.165, 1.54) is 4.90 Å². The van der Waals surface area contributed by atoms with Gasteiger partial charge in [-0.3, -0.25) is 9.48 Å². The van der Waals surface area contributed by atoms with E-state index in [0.717, 1.165) is 32.6 Å². The molecule has 0 radical (unpaired) electrons. The molecule has 2 aliphatic rings. The fourth-order valence-electron chi connectivity index (χ4n) is 6.36. The van der Waals surface area contributed by atoms with E-state index in [2.05, 4.69) is 20.9 Å². The number of nitrogens with one attached hydrogen (secondary N) is 2. The molecule has 16 nitrogen and oxygen atoms in total. The summed E-state index contributed by atoms with van der Waals surface area (Å²) in [6.07, 6.45) is 5.27. The number of aromatic nitrogens is 3. The van der Waals surface area contributed by atoms with E-state index in [4.69, 9.17) is 18.6 Å². The van der Waals surface area contributed by atoms with Crippen LogP contribution in [0.2, 0.25) is 0 Å². The lowest BCUT2D eigenvalue weighted by atomic mass is 9.99. The highest BCUT2D eigenvalue weighted by atomic mass is 16.5. The Labute approximate surface area is 289 Å². The SMILES string of the molecule is COC(=O)c1c(CC[C@@H](CO)NC(=O)N[C@@H](Cc2ccccc2)Cn2cc(C3(O)CCCC3)nn2)oc(C(=O)N2CCOCC2)c1C(=O)OC. The van der Waals surface area contributed by atoms with Gasteiger partial charge in [0.15, 0.2) is 0 Å². The van der Waals surface area contributed by atoms with Crippen molar-refractivity contribution in [2.75, 3.05) is 47.1 Å². The highest BCUT2D eigenvalue weighted by Gasteiger charge is 2.37. The highest BCUT2D eigenvalue weighted by Crippen LogP contribution is 2.37. The lowest BCUT2D eigenvalue weighted by molar-refractivity contribution is 0.0277. The van der Waals surface area contributed by atoms with E-state index in [9.17, 15) is 29.4 Å². The third-order valence-electron chi connectivity index (χ3n) is 9.04. The number of esters is 2. The topological polar surface area (TPSA) is 208 Å². The molecule has 4 N–H and O–H groups in total. The van der Waals surface area contributed by atoms with Gasteiger partial charge in [-0.2, -0.15) is 0 Å². The minimum absolute atomic E-state index is 0.0256. The van der Waals surface area contributed by atoms with E-state index in [1.54, 1.807) is 10.9 Å². The third kappa shape index (κ3) is 8.67. The summed E-state index contributed by atoms with van der Waals surface area (Å²) in [7, 11) is 2.25. The molecule has 2 fully saturated rings. The predicted molar refractivity (Wildman–Crippen MR) is 175 cm³/mol. The summed E-state index contributed by atoms with van der Waals surface area (Å²) in [5.74, 6) is -2.85. The van der Waals surface area contributed by atoms with Crippen LogP contribution in [-0.2, 0) is 39.2 Å². The van der Waals surface area contributed by atoms with E-state index in [-0.39, 0.29) is 55.1 Å². The van der Waals surface area contributed by atoms with E-state index in [1.807, 2.05) is 30.3 Å². The Kier molecular flexibility index (Phi) is 12.2. The number of urea groups is 1. The van der Waals surface area contributed by atoms with Gasteiger partial charge in [0.2, 0.25) is 5.76 Å². The zero-order valence-corrected chi connectivity index (χ0v) is 28.3. The average molecular weight is 697 g/mol. The summed E-state index contributed by atoms with van der Waals surface area (Å²) in [5.41, 5.74) is -0.120. The van der Waals surface area contributed by atoms with Crippen molar-refractivity contribution in [2.24, 2.45) is 0 Å². The van der Waals surface area contributed by atoms with Crippen LogP contribution >= 0.6 is 0 Å². The van der Waals surface area contributed by atoms with Gasteiger partial charge in [-0.25, -0.2) is 14.4 Å². The number of benzene rings is 1. The standard InChI is InChI=1S/C34H44N6O10/c1-47-31(43)27-25(50-29(28(27)32(44)48-2)30(42)39-14-16-49-17-15-39)11-10-23(21-41)35-33(45)36-24(18-22-8-4-3-5-9-22)19-40-20-26(37-38-40)34(46)12-6-7-13-34/h3-5,8-9,20,23-24,41,46H,6-7,10-19,21H2,1-2H3,(H2,35,36,45)/t23-,24-/m0/s1. The maximum Gasteiger partial charge on any atom is 0.342 e. The summed E-state index contributed by atoms with van der Waals surface area (Å²) in [4.78, 5) is 53.9. The Hall–Kier alpha value is -4.80. The number of ether oxygens (including phenoxy) is 3. The molecule has 270 valence electrons. The maximum absolute atomic E-state index is 13.4. The smallest absolute Gasteiger partial charge is 0.342 e. The van der Waals surface area contributed by atoms with Crippen molar-refractivity contribution in [3.8, 4) is 0 Å². The van der Waals surface area contributed by atoms with Gasteiger partial charge in [-0.15, -0.1) is 5.10 Å². The average Bonchev–Trinajstić information content (AvgIpc) is 3.89. The second-order valence-corrected chi connectivity index (χ2v) is 12.5. The zero-order valence-electron chi connectivity index (χ0n) is 28.3. The van der Waals surface area contributed by atoms with Crippen molar-refractivity contribution in [2.45, 2.75) is 69.2 Å². The van der Waals surface area contributed by atoms with E-state index in [0.29, 0.717) is 38.2 Å². The second kappa shape index (κ2) is 16.7. The van der Waals surface area contributed by atoms with Crippen LogP contribution in [0.25, 0.3) is 0 Å². The van der Waals surface area contributed by atoms with Crippen LogP contribution in [0, 0.1) is 0 Å². The van der Waals surface area contributed by atoms with Gasteiger partial charge < -0.3 is 44.4 Å². The van der Waals surface area contributed by atoms with E-state index >= 15 is 0 Å². The number of aliphatic hydroxyl groups is 2. The number of carbonyl (C=O) groups is 4. The minimum atomic E-state index is -0.998. The molecule has 3 aromatic rings. The number of nitrogens with zero attached hydrogens (tertiary/aromatic N) is 4. The molecule has 5 rings (SSSR count). The van der Waals surface area contributed by atoms with Crippen LogP contribution in [0.3, 0.4) is 0 Å². The molecule has 1 aromatic carbocycles. The Morgan fingerprint density at radius 2 is 1.64 bits per heavy atom. The van der Waals surface area contributed by atoms with Crippen molar-refractivity contribution in [3.63, 3.8) is 0 Å². The first-order valence-electron chi connectivity index (χ1n) is 16.7. The normalized spacial score (nSPS) is 16.8. The minimum Gasteiger partial charge on any atom is -0.465 e. The van der Waals surface area contributed by atoms with Crippen LogP contribution in [0.15, 0.2) is 40.9 Å². The lowest BCUT2D eigenvalue weighted by Crippen LogP contribution is -2.49. The molecule has 0 spiro atoms. The molecular weight excluding hydrogens is 652 g/mol. The van der Waals surface area contributed by atoms with Crippen molar-refractivity contribution in [1.29, 1.82) is 0 Å². The van der Waals surface area contributed by atoms with Gasteiger partial charge in [0.1, 0.15) is 28.2 Å². The summed E-state index contributed by atoms with van der Waals surface area (Å²) in [6, 6.07) is 7.78. The van der Waals surface area contributed by atoms with Crippen molar-refractivity contribution in [3.05, 3.63) is 70.4 Å². The molecule has 0 bridgehead atoms. The summed E-state index contributed by atoms with van der Waals surface area (Å²) >= 11 is 0. The van der Waals surface area contributed by atoms with Crippen molar-refractivity contribution < 1.29 is 48.0 Å². The lowest BCUT2D eigenvalue weighted by Gasteiger charge is -2.26. The van der Waals surface area contributed by atoms with Crippen LogP contribution < -0.4 is 10.6 Å². The molecule has 2 atom stereocenters. The summed E-state index contributed by atoms with van der Waals surface area (Å²) < 4.78 is 22.6. The largest absolute Gasteiger partial charge is 0.465 e. The Morgan fingerprint density at radius 3 is 2.30 bits per heavy atom. The van der Waals surface area contributed by atoms with Crippen molar-refractivity contribution >= 4 is 23.9 Å². The third-order valence-corrected chi connectivity index (χ3v) is 9.04. The Bertz CT molecular complexity index is 1630. The number of amides is 3. The molecule has 1 saturated heterocycles. The molecule has 50 heavy (non-hydrogen) atoms. The molecule has 16 heteroatoms. The first kappa shape index (κ1) is 36.5. The first-order valence-corrected chi connectivity index (χ1v) is 16.7. The number of rotatable bonds is 14. The van der Waals surface area contributed by atoms with Gasteiger partial charge in [0, 0.05) is 19.5 Å². The molecule has 0 unspecified atom stereocenters. The quantitative estimate of drug-likeness (QED) is 0.177. The Morgan fingerprint density at radius 1 is 0.980 bits per heavy atom. The molecule has 1 aliphatic heterocycles. The molecule has 1 saturated carbocycles. The predicted octanol–water partition coefficient (Wildman–Crippen LogP) is 1.58. The Balaban J connectivity index is 1.29. The second-order valence-electron chi connectivity index (χ2n) is 12.5. The number of hydrogen-bond donors (Lipinski definition) is 4. The number of hydrogen-bond acceptors (Lipinski definition) is 12. The fraction of sp³-hybridized carbons (Fsp3) is 0.529. The number of methoxy groups -OCH3 is 2. The maximum atomic E-state index is 13.4. The van der Waals surface area contributed by atoms with E-state index < -0.39 is 48.2 Å². The summed E-state index contributed by atoms with van der Waals surface area (Å²) in [5, 5.41) is 35.3. The molecule has 2 aromatic heterocycles. The van der Waals surface area contributed by atoms with Crippen molar-refractivity contribution in [1.82, 2.24) is 30.5 Å². The van der Waals surface area contributed by atoms with Crippen LogP contribution in [0.5, 0.6) is 0 Å². The molecule has 1 aliphatic carbocycles. The molecular formula is C34H44N6O10. The van der Waals surface area contributed by atoms with Gasteiger partial charge in [-0.05, 0) is 31.2 Å². The zero-order chi connectivity index (χ0) is 35.7. The fourth-order valence-corrected chi connectivity index (χ4v) is 6.36. The van der Waals surface area contributed by atoms with Crippen LogP contribution in [0.1, 0.15) is 80.4 Å². The van der Waals surface area contributed by atoms with Crippen LogP contribution in [0.4, 0.5) is 4.79 Å². The number of furan rings is 1.